The summed E-state index contributed by atoms with van der Waals surface area (Å²) in [6.07, 6.45) is 10.4. The molecule has 0 aliphatic heterocycles. The van der Waals surface area contributed by atoms with Crippen LogP contribution in [-0.2, 0) is 11.3 Å². The molecule has 4 aliphatic rings. The molecule has 0 bridgehead atoms. The van der Waals surface area contributed by atoms with Gasteiger partial charge in [0.25, 0.3) is 0 Å². The Morgan fingerprint density at radius 3 is 2.62 bits per heavy atom. The van der Waals surface area contributed by atoms with Gasteiger partial charge in [0, 0.05) is 5.92 Å². The maximum Gasteiger partial charge on any atom is 0.158 e. The smallest absolute Gasteiger partial charge is 0.158 e. The van der Waals surface area contributed by atoms with Crippen LogP contribution in [0.25, 0.3) is 0 Å². The van der Waals surface area contributed by atoms with Gasteiger partial charge in [0.2, 0.25) is 0 Å². The minimum Gasteiger partial charge on any atom is -0.390 e. The fourth-order valence-corrected chi connectivity index (χ4v) is 8.26. The summed E-state index contributed by atoms with van der Waals surface area (Å²) >= 11 is 0. The van der Waals surface area contributed by atoms with Crippen LogP contribution in [0.3, 0.4) is 0 Å². The number of carbonyl (C=O) groups is 1. The average Bonchev–Trinajstić information content (AvgIpc) is 3.23. The van der Waals surface area contributed by atoms with E-state index in [9.17, 15) is 9.90 Å². The summed E-state index contributed by atoms with van der Waals surface area (Å²) < 4.78 is 1.66. The van der Waals surface area contributed by atoms with E-state index in [-0.39, 0.29) is 11.3 Å². The summed E-state index contributed by atoms with van der Waals surface area (Å²) in [5.41, 5.74) is -0.302. The monoisotopic (exact) mass is 400 g/mol. The van der Waals surface area contributed by atoms with Crippen molar-refractivity contribution in [3.8, 4) is 0 Å². The fraction of sp³-hybridized carbons (Fsp3) is 0.913. The van der Waals surface area contributed by atoms with Crippen LogP contribution in [0.2, 0.25) is 0 Å². The molecule has 1 heterocycles. The van der Waals surface area contributed by atoms with Gasteiger partial charge in [0.1, 0.15) is 12.4 Å². The minimum absolute atomic E-state index is 0.146. The Morgan fingerprint density at radius 2 is 1.86 bits per heavy atom. The highest BCUT2D eigenvalue weighted by molar-refractivity contribution is 5.82. The van der Waals surface area contributed by atoms with Crippen LogP contribution < -0.4 is 0 Å². The van der Waals surface area contributed by atoms with Crippen molar-refractivity contribution in [2.45, 2.75) is 90.7 Å². The molecule has 0 radical (unpaired) electrons. The van der Waals surface area contributed by atoms with Crippen LogP contribution in [-0.4, -0.2) is 36.7 Å². The van der Waals surface area contributed by atoms with Gasteiger partial charge in [-0.25, -0.2) is 4.68 Å². The molecule has 0 aromatic carbocycles. The second-order valence-electron chi connectivity index (χ2n) is 11.2. The molecule has 1 aromatic heterocycles. The molecule has 4 saturated carbocycles. The zero-order valence-electron chi connectivity index (χ0n) is 18.2. The molecule has 1 aromatic rings. The molecule has 1 N–H and O–H groups in total. The van der Waals surface area contributed by atoms with Crippen LogP contribution in [0.5, 0.6) is 0 Å². The summed E-state index contributed by atoms with van der Waals surface area (Å²) in [6.45, 7) is 6.62. The van der Waals surface area contributed by atoms with Gasteiger partial charge >= 0.3 is 0 Å². The maximum absolute atomic E-state index is 13.2. The standard InChI is InChI=1S/C23H36N4O2/c1-14-24-25-26-27(14)13-21(28)20-7-6-19-18-5-4-15-12-22(2,29)10-8-16(15)17(18)9-11-23(19,20)3/h15-20,29H,4-13H2,1-3H3/t15-,16-,17+,18+,19-,20+,22+,23-/m0/s1. The van der Waals surface area contributed by atoms with Crippen LogP contribution in [0.15, 0.2) is 0 Å². The first kappa shape index (κ1) is 19.7. The summed E-state index contributed by atoms with van der Waals surface area (Å²) in [4.78, 5) is 13.2. The Bertz CT molecular complexity index is 790. The van der Waals surface area contributed by atoms with Crippen LogP contribution >= 0.6 is 0 Å². The molecule has 29 heavy (non-hydrogen) atoms. The molecule has 5 rings (SSSR count). The number of Topliss-reactive ketones (excluding diaryl/α,β-unsaturated/α-hetero) is 1. The Labute approximate surface area is 173 Å². The summed E-state index contributed by atoms with van der Waals surface area (Å²) in [5, 5.41) is 22.2. The molecule has 0 unspecified atom stereocenters. The van der Waals surface area contributed by atoms with Gasteiger partial charge in [-0.05, 0) is 117 Å². The Morgan fingerprint density at radius 1 is 1.07 bits per heavy atom. The van der Waals surface area contributed by atoms with Gasteiger partial charge in [-0.15, -0.1) is 5.10 Å². The van der Waals surface area contributed by atoms with Gasteiger partial charge < -0.3 is 5.11 Å². The number of aromatic nitrogens is 4. The van der Waals surface area contributed by atoms with E-state index in [1.54, 1.807) is 4.68 Å². The molecule has 6 nitrogen and oxygen atoms in total. The van der Waals surface area contributed by atoms with E-state index < -0.39 is 5.60 Å². The second-order valence-corrected chi connectivity index (χ2v) is 11.2. The highest BCUT2D eigenvalue weighted by atomic mass is 16.3. The van der Waals surface area contributed by atoms with Crippen LogP contribution in [0.1, 0.15) is 77.5 Å². The highest BCUT2D eigenvalue weighted by Crippen LogP contribution is 2.64. The van der Waals surface area contributed by atoms with E-state index in [1.165, 1.54) is 38.5 Å². The molecular weight excluding hydrogens is 364 g/mol. The molecular formula is C23H36N4O2. The normalized spacial score (nSPS) is 46.6. The molecule has 0 spiro atoms. The molecule has 0 amide bonds. The lowest BCUT2D eigenvalue weighted by Gasteiger charge is -2.56. The Balaban J connectivity index is 1.32. The number of ketones is 1. The first-order valence-electron chi connectivity index (χ1n) is 11.8. The lowest BCUT2D eigenvalue weighted by molar-refractivity contribution is -0.133. The van der Waals surface area contributed by atoms with Crippen LogP contribution in [0, 0.1) is 47.8 Å². The van der Waals surface area contributed by atoms with Gasteiger partial charge in [0.05, 0.1) is 5.60 Å². The number of fused-ring (bicyclic) bond motifs is 5. The number of carbonyl (C=O) groups excluding carboxylic acids is 1. The van der Waals surface area contributed by atoms with Crippen LogP contribution in [0.4, 0.5) is 0 Å². The largest absolute Gasteiger partial charge is 0.390 e. The summed E-state index contributed by atoms with van der Waals surface area (Å²) in [6, 6.07) is 0. The van der Waals surface area contributed by atoms with Crippen molar-refractivity contribution in [3.05, 3.63) is 5.82 Å². The lowest BCUT2D eigenvalue weighted by Crippen LogP contribution is -2.51. The van der Waals surface area contributed by atoms with Crippen molar-refractivity contribution in [1.82, 2.24) is 20.2 Å². The Kier molecular flexibility index (Phi) is 4.65. The number of hydrogen-bond acceptors (Lipinski definition) is 5. The molecule has 4 fully saturated rings. The maximum atomic E-state index is 13.2. The summed E-state index contributed by atoms with van der Waals surface area (Å²) in [5.74, 6) is 5.00. The van der Waals surface area contributed by atoms with Crippen molar-refractivity contribution < 1.29 is 9.90 Å². The van der Waals surface area contributed by atoms with Gasteiger partial charge in [-0.3, -0.25) is 4.79 Å². The third kappa shape index (κ3) is 3.17. The number of aryl methyl sites for hydroxylation is 1. The highest BCUT2D eigenvalue weighted by Gasteiger charge is 2.58. The SMILES string of the molecule is Cc1nnnn1CC(=O)[C@H]1CC[C@H]2[C@@H]3CC[C@H]4C[C@](C)(O)CC[C@@H]4[C@H]3CC[C@]12C. The molecule has 8 atom stereocenters. The van der Waals surface area contributed by atoms with Crippen molar-refractivity contribution in [2.75, 3.05) is 0 Å². The van der Waals surface area contributed by atoms with E-state index in [0.717, 1.165) is 37.0 Å². The number of hydrogen-bond donors (Lipinski definition) is 1. The number of tetrazole rings is 1. The molecule has 6 heteroatoms. The zero-order chi connectivity index (χ0) is 20.4. The zero-order valence-corrected chi connectivity index (χ0v) is 18.2. The third-order valence-corrected chi connectivity index (χ3v) is 9.64. The van der Waals surface area contributed by atoms with Crippen molar-refractivity contribution in [2.24, 2.45) is 40.9 Å². The van der Waals surface area contributed by atoms with Crippen molar-refractivity contribution >= 4 is 5.78 Å². The minimum atomic E-state index is -0.448. The summed E-state index contributed by atoms with van der Waals surface area (Å²) in [7, 11) is 0. The average molecular weight is 401 g/mol. The number of rotatable bonds is 3. The topological polar surface area (TPSA) is 80.9 Å². The molecule has 4 aliphatic carbocycles. The Hall–Kier alpha value is -1.30. The van der Waals surface area contributed by atoms with Gasteiger partial charge in [0.15, 0.2) is 5.78 Å². The second kappa shape index (κ2) is 6.86. The first-order valence-corrected chi connectivity index (χ1v) is 11.8. The predicted octanol–water partition coefficient (Wildman–Crippen LogP) is 3.57. The van der Waals surface area contributed by atoms with E-state index in [2.05, 4.69) is 22.4 Å². The fourth-order valence-electron chi connectivity index (χ4n) is 8.26. The van der Waals surface area contributed by atoms with E-state index >= 15 is 0 Å². The van der Waals surface area contributed by atoms with Crippen molar-refractivity contribution in [1.29, 1.82) is 0 Å². The predicted molar refractivity (Wildman–Crippen MR) is 109 cm³/mol. The van der Waals surface area contributed by atoms with E-state index in [1.807, 2.05) is 13.8 Å². The van der Waals surface area contributed by atoms with Gasteiger partial charge in [-0.2, -0.15) is 0 Å². The van der Waals surface area contributed by atoms with Crippen molar-refractivity contribution in [3.63, 3.8) is 0 Å². The van der Waals surface area contributed by atoms with Gasteiger partial charge in [-0.1, -0.05) is 6.92 Å². The molecule has 0 saturated heterocycles. The lowest BCUT2D eigenvalue weighted by atomic mass is 9.49. The quantitative estimate of drug-likeness (QED) is 0.839. The van der Waals surface area contributed by atoms with E-state index in [0.29, 0.717) is 30.0 Å². The number of aliphatic hydroxyl groups is 1. The van der Waals surface area contributed by atoms with E-state index in [4.69, 9.17) is 0 Å². The third-order valence-electron chi connectivity index (χ3n) is 9.64. The number of nitrogens with zero attached hydrogens (tertiary/aromatic N) is 4. The molecule has 160 valence electrons. The first-order chi connectivity index (χ1) is 13.8.